The monoisotopic (exact) mass is 330 g/mol. The average Bonchev–Trinajstić information content (AvgIpc) is 3.11. The molecule has 0 radical (unpaired) electrons. The van der Waals surface area contributed by atoms with Gasteiger partial charge in [0.15, 0.2) is 0 Å². The summed E-state index contributed by atoms with van der Waals surface area (Å²) in [7, 11) is 0. The number of imidazole rings is 1. The number of rotatable bonds is 5. The molecule has 1 aliphatic heterocycles. The summed E-state index contributed by atoms with van der Waals surface area (Å²) >= 11 is 0. The molecule has 1 N–H and O–H groups in total. The molecule has 1 amide bonds. The molecule has 3 rings (SSSR count). The average molecular weight is 330 g/mol. The van der Waals surface area contributed by atoms with Crippen LogP contribution in [0, 0.1) is 5.82 Å². The van der Waals surface area contributed by atoms with Crippen molar-refractivity contribution in [3.8, 4) is 0 Å². The van der Waals surface area contributed by atoms with Crippen molar-refractivity contribution >= 4 is 11.6 Å². The Morgan fingerprint density at radius 1 is 1.38 bits per heavy atom. The first-order valence-electron chi connectivity index (χ1n) is 8.40. The molecule has 1 aliphatic rings. The lowest BCUT2D eigenvalue weighted by Gasteiger charge is -2.34. The molecule has 1 aromatic carbocycles. The van der Waals surface area contributed by atoms with Crippen molar-refractivity contribution in [1.29, 1.82) is 0 Å². The molecule has 0 aliphatic carbocycles. The second kappa shape index (κ2) is 7.47. The van der Waals surface area contributed by atoms with Crippen LogP contribution >= 0.6 is 0 Å². The summed E-state index contributed by atoms with van der Waals surface area (Å²) in [5.41, 5.74) is 0.649. The Balaban J connectivity index is 1.47. The van der Waals surface area contributed by atoms with Crippen molar-refractivity contribution in [2.24, 2.45) is 0 Å². The maximum absolute atomic E-state index is 13.8. The van der Waals surface area contributed by atoms with E-state index >= 15 is 0 Å². The van der Waals surface area contributed by atoms with E-state index in [2.05, 4.69) is 10.3 Å². The number of nitrogens with zero attached hydrogens (tertiary/aromatic N) is 3. The molecule has 0 unspecified atom stereocenters. The van der Waals surface area contributed by atoms with Crippen molar-refractivity contribution in [3.63, 3.8) is 0 Å². The van der Waals surface area contributed by atoms with Crippen molar-refractivity contribution in [1.82, 2.24) is 14.9 Å². The minimum Gasteiger partial charge on any atom is -0.369 e. The highest BCUT2D eigenvalue weighted by molar-refractivity contribution is 5.76. The van der Waals surface area contributed by atoms with E-state index in [-0.39, 0.29) is 23.8 Å². The summed E-state index contributed by atoms with van der Waals surface area (Å²) < 4.78 is 15.8. The first kappa shape index (κ1) is 16.5. The van der Waals surface area contributed by atoms with Crippen LogP contribution in [0.2, 0.25) is 0 Å². The van der Waals surface area contributed by atoms with Crippen LogP contribution in [0.25, 0.3) is 0 Å². The normalized spacial score (nSPS) is 16.8. The largest absolute Gasteiger partial charge is 0.369 e. The maximum atomic E-state index is 13.8. The summed E-state index contributed by atoms with van der Waals surface area (Å²) in [6, 6.07) is 7.10. The van der Waals surface area contributed by atoms with Crippen molar-refractivity contribution in [2.45, 2.75) is 38.3 Å². The Hall–Kier alpha value is -2.37. The van der Waals surface area contributed by atoms with E-state index in [4.69, 9.17) is 0 Å². The van der Waals surface area contributed by atoms with Crippen LogP contribution in [-0.2, 0) is 4.79 Å². The molecule has 0 spiro atoms. The van der Waals surface area contributed by atoms with Gasteiger partial charge < -0.3 is 14.8 Å². The van der Waals surface area contributed by atoms with Crippen molar-refractivity contribution < 1.29 is 9.18 Å². The number of hydrogen-bond acceptors (Lipinski definition) is 3. The molecule has 2 heterocycles. The van der Waals surface area contributed by atoms with Gasteiger partial charge in [-0.3, -0.25) is 4.79 Å². The van der Waals surface area contributed by atoms with Gasteiger partial charge >= 0.3 is 0 Å². The molecule has 5 nitrogen and oxygen atoms in total. The number of amides is 1. The number of nitrogens with one attached hydrogen (secondary N) is 1. The van der Waals surface area contributed by atoms with Crippen LogP contribution in [0.5, 0.6) is 0 Å². The fraction of sp³-hybridized carbons (Fsp3) is 0.444. The molecule has 128 valence electrons. The standard InChI is InChI=1S/C18H23FN4O/c1-14(23-11-8-20-13-23)12-18(24)21-15-6-9-22(10-7-15)17-5-3-2-4-16(17)19/h2-5,8,11,13-15H,6-7,9-10,12H2,1H3,(H,21,24)/t14-/m1/s1. The molecule has 6 heteroatoms. The zero-order chi connectivity index (χ0) is 16.9. The summed E-state index contributed by atoms with van der Waals surface area (Å²) in [5, 5.41) is 3.11. The Bertz CT molecular complexity index is 665. The summed E-state index contributed by atoms with van der Waals surface area (Å²) in [5.74, 6) is -0.130. The van der Waals surface area contributed by atoms with Crippen molar-refractivity contribution in [2.75, 3.05) is 18.0 Å². The van der Waals surface area contributed by atoms with E-state index in [1.807, 2.05) is 28.7 Å². The number of para-hydroxylation sites is 1. The maximum Gasteiger partial charge on any atom is 0.222 e. The van der Waals surface area contributed by atoms with Gasteiger partial charge in [-0.1, -0.05) is 12.1 Å². The lowest BCUT2D eigenvalue weighted by atomic mass is 10.0. The van der Waals surface area contributed by atoms with Gasteiger partial charge in [0.1, 0.15) is 5.82 Å². The number of carbonyl (C=O) groups is 1. The number of piperidine rings is 1. The summed E-state index contributed by atoms with van der Waals surface area (Å²) in [6.07, 6.45) is 7.41. The van der Waals surface area contributed by atoms with E-state index in [0.29, 0.717) is 12.1 Å². The number of anilines is 1. The van der Waals surface area contributed by atoms with E-state index in [1.165, 1.54) is 6.07 Å². The van der Waals surface area contributed by atoms with E-state index in [1.54, 1.807) is 24.7 Å². The van der Waals surface area contributed by atoms with Gasteiger partial charge in [0.2, 0.25) is 5.91 Å². The number of carbonyl (C=O) groups excluding carboxylic acids is 1. The van der Waals surface area contributed by atoms with Gasteiger partial charge in [-0.05, 0) is 31.9 Å². The van der Waals surface area contributed by atoms with Crippen LogP contribution in [0.4, 0.5) is 10.1 Å². The van der Waals surface area contributed by atoms with Gasteiger partial charge in [-0.15, -0.1) is 0 Å². The number of hydrogen-bond donors (Lipinski definition) is 1. The lowest BCUT2D eigenvalue weighted by Crippen LogP contribution is -2.45. The molecule has 1 atom stereocenters. The summed E-state index contributed by atoms with van der Waals surface area (Å²) in [6.45, 7) is 3.51. The highest BCUT2D eigenvalue weighted by Gasteiger charge is 2.23. The molecule has 2 aromatic rings. The third kappa shape index (κ3) is 3.93. The number of aromatic nitrogens is 2. The fourth-order valence-corrected chi connectivity index (χ4v) is 3.16. The Labute approximate surface area is 141 Å². The van der Waals surface area contributed by atoms with Crippen molar-refractivity contribution in [3.05, 3.63) is 48.8 Å². The first-order chi connectivity index (χ1) is 11.6. The third-order valence-electron chi connectivity index (χ3n) is 4.57. The molecule has 1 aromatic heterocycles. The lowest BCUT2D eigenvalue weighted by molar-refractivity contribution is -0.122. The minimum atomic E-state index is -0.186. The molecule has 0 saturated carbocycles. The van der Waals surface area contributed by atoms with Gasteiger partial charge in [-0.2, -0.15) is 0 Å². The molecule has 24 heavy (non-hydrogen) atoms. The highest BCUT2D eigenvalue weighted by Crippen LogP contribution is 2.23. The summed E-state index contributed by atoms with van der Waals surface area (Å²) in [4.78, 5) is 18.3. The Morgan fingerprint density at radius 3 is 2.79 bits per heavy atom. The number of benzene rings is 1. The van der Waals surface area contributed by atoms with Crippen LogP contribution < -0.4 is 10.2 Å². The van der Waals surface area contributed by atoms with E-state index < -0.39 is 0 Å². The second-order valence-corrected chi connectivity index (χ2v) is 6.34. The topological polar surface area (TPSA) is 50.2 Å². The quantitative estimate of drug-likeness (QED) is 0.917. The molecular weight excluding hydrogens is 307 g/mol. The second-order valence-electron chi connectivity index (χ2n) is 6.34. The van der Waals surface area contributed by atoms with Crippen LogP contribution in [0.15, 0.2) is 43.0 Å². The Morgan fingerprint density at radius 2 is 2.12 bits per heavy atom. The first-order valence-corrected chi connectivity index (χ1v) is 8.40. The van der Waals surface area contributed by atoms with Crippen LogP contribution in [-0.4, -0.2) is 34.6 Å². The molecule has 0 bridgehead atoms. The predicted molar refractivity (Wildman–Crippen MR) is 91.3 cm³/mol. The van der Waals surface area contributed by atoms with E-state index in [0.717, 1.165) is 25.9 Å². The third-order valence-corrected chi connectivity index (χ3v) is 4.57. The molecule has 1 saturated heterocycles. The van der Waals surface area contributed by atoms with Crippen LogP contribution in [0.1, 0.15) is 32.2 Å². The number of halogens is 1. The molecule has 1 fully saturated rings. The highest BCUT2D eigenvalue weighted by atomic mass is 19.1. The zero-order valence-corrected chi connectivity index (χ0v) is 13.9. The Kier molecular flexibility index (Phi) is 5.13. The van der Waals surface area contributed by atoms with E-state index in [9.17, 15) is 9.18 Å². The van der Waals surface area contributed by atoms with Crippen LogP contribution in [0.3, 0.4) is 0 Å². The smallest absolute Gasteiger partial charge is 0.222 e. The van der Waals surface area contributed by atoms with Gasteiger partial charge in [-0.25, -0.2) is 9.37 Å². The van der Waals surface area contributed by atoms with Gasteiger partial charge in [0, 0.05) is 44.0 Å². The van der Waals surface area contributed by atoms with Gasteiger partial charge in [0.25, 0.3) is 0 Å². The van der Waals surface area contributed by atoms with Gasteiger partial charge in [0.05, 0.1) is 12.0 Å². The molecular formula is C18H23FN4O. The predicted octanol–water partition coefficient (Wildman–Crippen LogP) is 2.76. The zero-order valence-electron chi connectivity index (χ0n) is 13.9. The fourth-order valence-electron chi connectivity index (χ4n) is 3.16. The minimum absolute atomic E-state index is 0.0561. The SMILES string of the molecule is C[C@H](CC(=O)NC1CCN(c2ccccc2F)CC1)n1ccnc1.